The predicted octanol–water partition coefficient (Wildman–Crippen LogP) is 3.19. The zero-order valence-electron chi connectivity index (χ0n) is 11.1. The number of carbonyl (C=O) groups excluding carboxylic acids is 1. The highest BCUT2D eigenvalue weighted by Crippen LogP contribution is 2.20. The highest BCUT2D eigenvalue weighted by Gasteiger charge is 2.16. The maximum Gasteiger partial charge on any atom is 0.270 e. The highest BCUT2D eigenvalue weighted by molar-refractivity contribution is 14.1. The van der Waals surface area contributed by atoms with Crippen LogP contribution in [0.5, 0.6) is 0 Å². The van der Waals surface area contributed by atoms with Crippen molar-refractivity contribution in [3.8, 4) is 0 Å². The van der Waals surface area contributed by atoms with Crippen LogP contribution in [0.15, 0.2) is 29.8 Å². The molecule has 1 unspecified atom stereocenters. The molecule has 0 fully saturated rings. The van der Waals surface area contributed by atoms with Gasteiger partial charge in [-0.15, -0.1) is 11.3 Å². The second-order valence-electron chi connectivity index (χ2n) is 4.40. The van der Waals surface area contributed by atoms with E-state index in [-0.39, 0.29) is 17.5 Å². The molecule has 0 aliphatic carbocycles. The molecule has 21 heavy (non-hydrogen) atoms. The molecule has 0 spiro atoms. The van der Waals surface area contributed by atoms with Gasteiger partial charge in [0.1, 0.15) is 0 Å². The number of nitrogens with one attached hydrogen (secondary N) is 1. The highest BCUT2D eigenvalue weighted by atomic mass is 127. The van der Waals surface area contributed by atoms with E-state index < -0.39 is 4.92 Å². The van der Waals surface area contributed by atoms with E-state index >= 15 is 0 Å². The molecule has 2 rings (SSSR count). The third-order valence-corrected chi connectivity index (χ3v) is 4.79. The number of thiazole rings is 1. The molecule has 0 radical (unpaired) electrons. The molecule has 8 heteroatoms. The molecule has 0 bridgehead atoms. The number of carbonyl (C=O) groups is 1. The van der Waals surface area contributed by atoms with Crippen LogP contribution in [0.25, 0.3) is 0 Å². The lowest BCUT2D eigenvalue weighted by Crippen LogP contribution is -2.28. The minimum absolute atomic E-state index is 0.0893. The number of nitro groups is 1. The molecule has 110 valence electrons. The zero-order chi connectivity index (χ0) is 15.4. The number of amides is 1. The maximum atomic E-state index is 12.2. The largest absolute Gasteiger partial charge is 0.351 e. The number of benzene rings is 1. The monoisotopic (exact) mass is 417 g/mol. The average molecular weight is 417 g/mol. The Morgan fingerprint density at radius 2 is 2.33 bits per heavy atom. The van der Waals surface area contributed by atoms with Gasteiger partial charge < -0.3 is 5.32 Å². The Morgan fingerprint density at radius 1 is 1.57 bits per heavy atom. The van der Waals surface area contributed by atoms with E-state index in [1.54, 1.807) is 12.3 Å². The fraction of sp³-hybridized carbons (Fsp3) is 0.231. The van der Waals surface area contributed by atoms with Crippen molar-refractivity contribution in [3.05, 3.63) is 54.0 Å². The third kappa shape index (κ3) is 3.97. The predicted molar refractivity (Wildman–Crippen MR) is 88.7 cm³/mol. The molecule has 0 aliphatic heterocycles. The Bertz CT molecular complexity index is 661. The number of hydrogen-bond acceptors (Lipinski definition) is 5. The van der Waals surface area contributed by atoms with E-state index in [2.05, 4.69) is 10.3 Å². The molecule has 1 aromatic heterocycles. The van der Waals surface area contributed by atoms with Crippen molar-refractivity contribution in [2.75, 3.05) is 6.54 Å². The maximum absolute atomic E-state index is 12.2. The first kappa shape index (κ1) is 15.8. The van der Waals surface area contributed by atoms with Crippen molar-refractivity contribution >= 4 is 45.5 Å². The fourth-order valence-electron chi connectivity index (χ4n) is 1.71. The van der Waals surface area contributed by atoms with Crippen LogP contribution in [0.2, 0.25) is 0 Å². The van der Waals surface area contributed by atoms with E-state index in [9.17, 15) is 14.9 Å². The second-order valence-corrected chi connectivity index (χ2v) is 6.49. The lowest BCUT2D eigenvalue weighted by atomic mass is 10.1. The van der Waals surface area contributed by atoms with E-state index in [1.807, 2.05) is 34.9 Å². The summed E-state index contributed by atoms with van der Waals surface area (Å²) in [7, 11) is 0. The van der Waals surface area contributed by atoms with Gasteiger partial charge in [0.15, 0.2) is 0 Å². The summed E-state index contributed by atoms with van der Waals surface area (Å²) in [6, 6.07) is 4.25. The second kappa shape index (κ2) is 6.94. The molecule has 1 atom stereocenters. The Labute approximate surface area is 138 Å². The number of nitro benzene ring substituents is 1. The molecule has 1 amide bonds. The zero-order valence-corrected chi connectivity index (χ0v) is 14.1. The minimum atomic E-state index is -0.509. The van der Waals surface area contributed by atoms with Gasteiger partial charge in [0.05, 0.1) is 15.5 Å². The molecule has 1 N–H and O–H groups in total. The van der Waals surface area contributed by atoms with Gasteiger partial charge in [0.2, 0.25) is 0 Å². The normalized spacial score (nSPS) is 11.9. The van der Waals surface area contributed by atoms with E-state index in [1.165, 1.54) is 23.5 Å². The summed E-state index contributed by atoms with van der Waals surface area (Å²) in [5.74, 6) is -0.211. The topological polar surface area (TPSA) is 85.1 Å². The van der Waals surface area contributed by atoms with Crippen molar-refractivity contribution in [3.63, 3.8) is 0 Å². The van der Waals surface area contributed by atoms with Gasteiger partial charge in [-0.2, -0.15) is 0 Å². The van der Waals surface area contributed by atoms with Crippen LogP contribution in [-0.4, -0.2) is 22.4 Å². The van der Waals surface area contributed by atoms with E-state index in [4.69, 9.17) is 0 Å². The Balaban J connectivity index is 2.06. The number of non-ortho nitro benzene ring substituents is 1. The minimum Gasteiger partial charge on any atom is -0.351 e. The summed E-state index contributed by atoms with van der Waals surface area (Å²) in [6.45, 7) is 2.41. The molecule has 6 nitrogen and oxygen atoms in total. The standard InChI is InChI=1S/C13H12IN3O3S/c1-8(13-15-4-5-21-13)7-16-12(18)10-6-9(17(19)20)2-3-11(10)14/h2-6,8H,7H2,1H3,(H,16,18). The quantitative estimate of drug-likeness (QED) is 0.460. The van der Waals surface area contributed by atoms with E-state index in [0.717, 1.165) is 5.01 Å². The van der Waals surface area contributed by atoms with Crippen molar-refractivity contribution in [1.29, 1.82) is 0 Å². The molecule has 0 aliphatic rings. The third-order valence-electron chi connectivity index (χ3n) is 2.85. The Kier molecular flexibility index (Phi) is 5.23. The van der Waals surface area contributed by atoms with Gasteiger partial charge in [-0.3, -0.25) is 14.9 Å². The Morgan fingerprint density at radius 3 is 2.95 bits per heavy atom. The van der Waals surface area contributed by atoms with Gasteiger partial charge in [-0.05, 0) is 28.7 Å². The number of nitrogens with zero attached hydrogens (tertiary/aromatic N) is 2. The number of rotatable bonds is 5. The molecule has 1 aromatic carbocycles. The van der Waals surface area contributed by atoms with Crippen LogP contribution in [0.4, 0.5) is 5.69 Å². The van der Waals surface area contributed by atoms with Gasteiger partial charge in [-0.1, -0.05) is 6.92 Å². The van der Waals surface area contributed by atoms with Gasteiger partial charge >= 0.3 is 0 Å². The first-order valence-electron chi connectivity index (χ1n) is 6.10. The van der Waals surface area contributed by atoms with Gasteiger partial charge in [0.25, 0.3) is 11.6 Å². The van der Waals surface area contributed by atoms with E-state index in [0.29, 0.717) is 15.7 Å². The van der Waals surface area contributed by atoms with Crippen LogP contribution >= 0.6 is 33.9 Å². The molecule has 1 heterocycles. The lowest BCUT2D eigenvalue weighted by molar-refractivity contribution is -0.384. The van der Waals surface area contributed by atoms with Crippen LogP contribution in [0.1, 0.15) is 28.2 Å². The van der Waals surface area contributed by atoms with Crippen LogP contribution in [-0.2, 0) is 0 Å². The first-order valence-corrected chi connectivity index (χ1v) is 8.06. The smallest absolute Gasteiger partial charge is 0.270 e. The number of hydrogen-bond donors (Lipinski definition) is 1. The summed E-state index contributed by atoms with van der Waals surface area (Å²) >= 11 is 3.52. The summed E-state index contributed by atoms with van der Waals surface area (Å²) in [6.07, 6.45) is 1.72. The Hall–Kier alpha value is -1.55. The molecular weight excluding hydrogens is 405 g/mol. The SMILES string of the molecule is CC(CNC(=O)c1cc([N+](=O)[O-])ccc1I)c1nccs1. The summed E-state index contributed by atoms with van der Waals surface area (Å²) in [4.78, 5) is 26.6. The fourth-order valence-corrected chi connectivity index (χ4v) is 2.99. The summed E-state index contributed by atoms with van der Waals surface area (Å²) < 4.78 is 0.678. The first-order chi connectivity index (χ1) is 9.99. The average Bonchev–Trinajstić information content (AvgIpc) is 2.98. The van der Waals surface area contributed by atoms with Crippen LogP contribution < -0.4 is 5.32 Å². The molecule has 0 saturated heterocycles. The molecular formula is C13H12IN3O3S. The van der Waals surface area contributed by atoms with Crippen molar-refractivity contribution in [2.45, 2.75) is 12.8 Å². The molecule has 0 saturated carbocycles. The van der Waals surface area contributed by atoms with Crippen LogP contribution in [0, 0.1) is 13.7 Å². The van der Waals surface area contributed by atoms with Crippen molar-refractivity contribution in [1.82, 2.24) is 10.3 Å². The molecule has 2 aromatic rings. The summed E-state index contributed by atoms with van der Waals surface area (Å²) in [5.41, 5.74) is 0.227. The number of aromatic nitrogens is 1. The number of halogens is 1. The van der Waals surface area contributed by atoms with Crippen molar-refractivity contribution < 1.29 is 9.72 Å². The van der Waals surface area contributed by atoms with Gasteiger partial charge in [0, 0.05) is 39.7 Å². The lowest BCUT2D eigenvalue weighted by Gasteiger charge is -2.11. The van der Waals surface area contributed by atoms with Gasteiger partial charge in [-0.25, -0.2) is 4.98 Å². The van der Waals surface area contributed by atoms with Crippen LogP contribution in [0.3, 0.4) is 0 Å². The van der Waals surface area contributed by atoms with Crippen molar-refractivity contribution in [2.24, 2.45) is 0 Å². The summed E-state index contributed by atoms with van der Waals surface area (Å²) in [5, 5.41) is 16.4.